The number of carbonyl (C=O) groups excluding carboxylic acids is 4. The van der Waals surface area contributed by atoms with E-state index in [1.165, 1.54) is 15.8 Å². The van der Waals surface area contributed by atoms with Gasteiger partial charge in [0, 0.05) is 41.4 Å². The zero-order chi connectivity index (χ0) is 24.7. The Balaban J connectivity index is 1.29. The van der Waals surface area contributed by atoms with Gasteiger partial charge < -0.3 is 10.2 Å². The monoisotopic (exact) mass is 480 g/mol. The van der Waals surface area contributed by atoms with E-state index in [4.69, 9.17) is 0 Å². The number of nitrogens with one attached hydrogen (secondary N) is 2. The summed E-state index contributed by atoms with van der Waals surface area (Å²) in [5.41, 5.74) is 1.71. The van der Waals surface area contributed by atoms with Gasteiger partial charge in [0.1, 0.15) is 29.9 Å². The number of imide groups is 1. The number of benzene rings is 2. The van der Waals surface area contributed by atoms with Crippen LogP contribution in [0.2, 0.25) is 0 Å². The van der Waals surface area contributed by atoms with Gasteiger partial charge in [0.2, 0.25) is 17.7 Å². The van der Waals surface area contributed by atoms with Crippen LogP contribution in [0.5, 0.6) is 0 Å². The van der Waals surface area contributed by atoms with Crippen LogP contribution in [0.4, 0.5) is 14.5 Å². The maximum Gasteiger partial charge on any atom is 0.255 e. The molecule has 35 heavy (non-hydrogen) atoms. The molecule has 1 fully saturated rings. The molecule has 0 saturated carbocycles. The van der Waals surface area contributed by atoms with Crippen molar-refractivity contribution < 1.29 is 28.0 Å². The predicted octanol–water partition coefficient (Wildman–Crippen LogP) is 1.62. The van der Waals surface area contributed by atoms with E-state index in [0.29, 0.717) is 16.8 Å². The lowest BCUT2D eigenvalue weighted by Gasteiger charge is -2.29. The average Bonchev–Trinajstić information content (AvgIpc) is 3.39. The molecule has 0 radical (unpaired) electrons. The number of carbonyl (C=O) groups is 4. The summed E-state index contributed by atoms with van der Waals surface area (Å²) in [6.07, 6.45) is 1.76. The fraction of sp³-hybridized carbons (Fsp3) is 0.217. The molecule has 2 N–H and O–H groups in total. The van der Waals surface area contributed by atoms with Crippen LogP contribution >= 0.6 is 0 Å². The highest BCUT2D eigenvalue weighted by atomic mass is 19.1. The Labute approximate surface area is 196 Å². The van der Waals surface area contributed by atoms with Crippen molar-refractivity contribution in [2.45, 2.75) is 32.0 Å². The highest BCUT2D eigenvalue weighted by Gasteiger charge is 2.39. The van der Waals surface area contributed by atoms with Crippen molar-refractivity contribution in [2.24, 2.45) is 0 Å². The minimum atomic E-state index is -0.766. The van der Waals surface area contributed by atoms with Gasteiger partial charge in [-0.25, -0.2) is 13.5 Å². The molecule has 3 aromatic rings. The summed E-state index contributed by atoms with van der Waals surface area (Å²) in [4.78, 5) is 50.7. The summed E-state index contributed by atoms with van der Waals surface area (Å²) in [5, 5.41) is 12.7. The van der Waals surface area contributed by atoms with E-state index in [2.05, 4.69) is 20.9 Å². The van der Waals surface area contributed by atoms with Crippen LogP contribution in [0, 0.1) is 11.6 Å². The Bertz CT molecular complexity index is 1370. The van der Waals surface area contributed by atoms with Crippen molar-refractivity contribution in [1.82, 2.24) is 25.2 Å². The van der Waals surface area contributed by atoms with Gasteiger partial charge in [0.05, 0.1) is 6.20 Å². The second-order valence-electron chi connectivity index (χ2n) is 8.24. The number of halogens is 2. The molecule has 1 unspecified atom stereocenters. The van der Waals surface area contributed by atoms with Gasteiger partial charge in [0.15, 0.2) is 0 Å². The predicted molar refractivity (Wildman–Crippen MR) is 116 cm³/mol. The topological polar surface area (TPSA) is 126 Å². The van der Waals surface area contributed by atoms with Crippen molar-refractivity contribution >= 4 is 29.3 Å². The van der Waals surface area contributed by atoms with E-state index in [-0.39, 0.29) is 49.0 Å². The van der Waals surface area contributed by atoms with E-state index in [0.717, 1.165) is 18.2 Å². The van der Waals surface area contributed by atoms with E-state index in [1.807, 2.05) is 0 Å². The molecule has 3 heterocycles. The lowest BCUT2D eigenvalue weighted by molar-refractivity contribution is -0.137. The molecule has 12 heteroatoms. The molecule has 10 nitrogen and oxygen atoms in total. The Morgan fingerprint density at radius 2 is 1.91 bits per heavy atom. The summed E-state index contributed by atoms with van der Waals surface area (Å²) in [5.74, 6) is -3.23. The number of piperidine rings is 1. The molecule has 1 aromatic heterocycles. The first-order valence-electron chi connectivity index (χ1n) is 10.7. The highest BCUT2D eigenvalue weighted by molar-refractivity contribution is 6.06. The average molecular weight is 480 g/mol. The molecule has 0 spiro atoms. The third-order valence-corrected chi connectivity index (χ3v) is 5.86. The fourth-order valence-corrected chi connectivity index (χ4v) is 4.25. The third kappa shape index (κ3) is 4.37. The molecule has 4 amide bonds. The number of fused-ring (bicyclic) bond motifs is 1. The minimum Gasteiger partial charge on any atom is -0.324 e. The number of hydrogen-bond acceptors (Lipinski definition) is 6. The van der Waals surface area contributed by atoms with Crippen molar-refractivity contribution in [3.05, 3.63) is 65.4 Å². The first kappa shape index (κ1) is 22.3. The minimum absolute atomic E-state index is 0.107. The molecule has 178 valence electrons. The number of rotatable bonds is 5. The second kappa shape index (κ2) is 8.70. The van der Waals surface area contributed by atoms with E-state index >= 15 is 0 Å². The highest BCUT2D eigenvalue weighted by Crippen LogP contribution is 2.32. The normalized spacial score (nSPS) is 17.4. The number of aromatic nitrogens is 3. The Morgan fingerprint density at radius 1 is 1.14 bits per heavy atom. The van der Waals surface area contributed by atoms with Crippen molar-refractivity contribution in [1.29, 1.82) is 0 Å². The zero-order valence-electron chi connectivity index (χ0n) is 18.1. The number of anilines is 1. The first-order valence-corrected chi connectivity index (χ1v) is 10.7. The maximum absolute atomic E-state index is 13.5. The van der Waals surface area contributed by atoms with Crippen molar-refractivity contribution in [3.63, 3.8) is 0 Å². The van der Waals surface area contributed by atoms with Gasteiger partial charge in [-0.15, -0.1) is 5.10 Å². The van der Waals surface area contributed by atoms with Gasteiger partial charge in [-0.05, 0) is 30.7 Å². The molecular weight excluding hydrogens is 462 g/mol. The Kier molecular flexibility index (Phi) is 5.55. The molecule has 0 aliphatic carbocycles. The standard InChI is InChI=1S/C23H18F2N6O4/c24-13-6-12(7-14(25)8-13)18-10-30(29-28-18)11-21(33)26-17-3-1-2-15-16(17)9-31(23(15)35)19-4-5-20(32)27-22(19)34/h1-3,6-8,10,19H,4-5,9,11H2,(H,26,33)(H,27,32,34). The van der Waals surface area contributed by atoms with Crippen LogP contribution < -0.4 is 10.6 Å². The van der Waals surface area contributed by atoms with E-state index in [9.17, 15) is 28.0 Å². The molecule has 1 saturated heterocycles. The lowest BCUT2D eigenvalue weighted by Crippen LogP contribution is -2.52. The van der Waals surface area contributed by atoms with Crippen LogP contribution in [0.1, 0.15) is 28.8 Å². The molecule has 1 atom stereocenters. The van der Waals surface area contributed by atoms with Crippen molar-refractivity contribution in [2.75, 3.05) is 5.32 Å². The van der Waals surface area contributed by atoms with Gasteiger partial charge in [-0.1, -0.05) is 11.3 Å². The van der Waals surface area contributed by atoms with Crippen LogP contribution in [-0.4, -0.2) is 49.6 Å². The number of nitrogens with zero attached hydrogens (tertiary/aromatic N) is 4. The van der Waals surface area contributed by atoms with Crippen LogP contribution in [0.15, 0.2) is 42.6 Å². The fourth-order valence-electron chi connectivity index (χ4n) is 4.25. The summed E-state index contributed by atoms with van der Waals surface area (Å²) < 4.78 is 28.2. The first-order chi connectivity index (χ1) is 16.8. The molecular formula is C23H18F2N6O4. The summed E-state index contributed by atoms with van der Waals surface area (Å²) in [7, 11) is 0. The maximum atomic E-state index is 13.5. The number of hydrogen-bond donors (Lipinski definition) is 2. The molecule has 2 aliphatic heterocycles. The summed E-state index contributed by atoms with van der Waals surface area (Å²) in [6.45, 7) is -0.130. The van der Waals surface area contributed by atoms with E-state index in [1.54, 1.807) is 18.2 Å². The molecule has 0 bridgehead atoms. The largest absolute Gasteiger partial charge is 0.324 e. The molecule has 2 aromatic carbocycles. The summed E-state index contributed by atoms with van der Waals surface area (Å²) >= 11 is 0. The second-order valence-corrected chi connectivity index (χ2v) is 8.24. The van der Waals surface area contributed by atoms with Crippen LogP contribution in [0.25, 0.3) is 11.3 Å². The quantitative estimate of drug-likeness (QED) is 0.535. The SMILES string of the molecule is O=C1CCC(N2Cc3c(NC(=O)Cn4cc(-c5cc(F)cc(F)c5)nn4)cccc3C2=O)C(=O)N1. The molecule has 2 aliphatic rings. The van der Waals surface area contributed by atoms with Crippen LogP contribution in [-0.2, 0) is 27.5 Å². The van der Waals surface area contributed by atoms with Crippen molar-refractivity contribution in [3.8, 4) is 11.3 Å². The van der Waals surface area contributed by atoms with Gasteiger partial charge in [-0.2, -0.15) is 0 Å². The van der Waals surface area contributed by atoms with E-state index < -0.39 is 29.5 Å². The molecule has 5 rings (SSSR count). The summed E-state index contributed by atoms with van der Waals surface area (Å²) in [6, 6.07) is 7.06. The van der Waals surface area contributed by atoms with Crippen LogP contribution in [0.3, 0.4) is 0 Å². The Morgan fingerprint density at radius 3 is 2.66 bits per heavy atom. The number of amides is 4. The third-order valence-electron chi connectivity index (χ3n) is 5.86. The Hall–Kier alpha value is -4.48. The smallest absolute Gasteiger partial charge is 0.255 e. The lowest BCUT2D eigenvalue weighted by atomic mass is 10.0. The van der Waals surface area contributed by atoms with Gasteiger partial charge in [0.25, 0.3) is 5.91 Å². The van der Waals surface area contributed by atoms with Gasteiger partial charge in [-0.3, -0.25) is 24.5 Å². The zero-order valence-corrected chi connectivity index (χ0v) is 18.1. The van der Waals surface area contributed by atoms with Gasteiger partial charge >= 0.3 is 0 Å².